The molecule has 1 rings (SSSR count). The Hall–Kier alpha value is -1.26. The number of aryl methyl sites for hydroxylation is 1. The van der Waals surface area contributed by atoms with Gasteiger partial charge in [-0.3, -0.25) is 4.79 Å². The van der Waals surface area contributed by atoms with Crippen LogP contribution < -0.4 is 0 Å². The van der Waals surface area contributed by atoms with Gasteiger partial charge in [-0.25, -0.2) is 4.39 Å². The molecule has 0 heterocycles. The summed E-state index contributed by atoms with van der Waals surface area (Å²) in [5, 5.41) is 0. The number of rotatable bonds is 6. The monoisotopic (exact) mass is 240 g/mol. The van der Waals surface area contributed by atoms with Crippen LogP contribution in [0.25, 0.3) is 0 Å². The summed E-state index contributed by atoms with van der Waals surface area (Å²) in [5.41, 5.74) is 0.967. The highest BCUT2D eigenvalue weighted by molar-refractivity contribution is 5.98. The molecule has 94 valence electrons. The van der Waals surface area contributed by atoms with Crippen LogP contribution in [0.3, 0.4) is 0 Å². The van der Waals surface area contributed by atoms with Gasteiger partial charge in [0.25, 0.3) is 0 Å². The molecule has 0 spiro atoms. The Balaban J connectivity index is 2.92. The van der Waals surface area contributed by atoms with Crippen LogP contribution in [0.1, 0.15) is 29.8 Å². The first-order valence-electron chi connectivity index (χ1n) is 5.63. The van der Waals surface area contributed by atoms with E-state index in [1.165, 1.54) is 12.1 Å². The fraction of sp³-hybridized carbons (Fsp3) is 0.462. The zero-order valence-corrected chi connectivity index (χ0v) is 10.3. The van der Waals surface area contributed by atoms with E-state index in [0.29, 0.717) is 18.8 Å². The number of benzene rings is 1. The van der Waals surface area contributed by atoms with Crippen molar-refractivity contribution in [3.63, 3.8) is 0 Å². The second-order valence-electron chi connectivity index (χ2n) is 3.62. The van der Waals surface area contributed by atoms with E-state index in [2.05, 4.69) is 0 Å². The van der Waals surface area contributed by atoms with E-state index in [4.69, 9.17) is 9.47 Å². The van der Waals surface area contributed by atoms with Crippen molar-refractivity contribution in [2.75, 3.05) is 13.2 Å². The molecule has 0 aromatic heterocycles. The maximum Gasteiger partial charge on any atom is 0.222 e. The van der Waals surface area contributed by atoms with E-state index < -0.39 is 12.1 Å². The molecule has 0 fully saturated rings. The van der Waals surface area contributed by atoms with Gasteiger partial charge in [-0.15, -0.1) is 0 Å². The SMILES string of the molecule is CCOC(OCC)C(=O)c1cc(C)cc(F)c1. The van der Waals surface area contributed by atoms with Crippen LogP contribution in [0.2, 0.25) is 0 Å². The van der Waals surface area contributed by atoms with E-state index >= 15 is 0 Å². The minimum Gasteiger partial charge on any atom is -0.346 e. The van der Waals surface area contributed by atoms with Gasteiger partial charge in [0.15, 0.2) is 0 Å². The molecule has 0 aliphatic heterocycles. The number of ketones is 1. The highest BCUT2D eigenvalue weighted by atomic mass is 19.1. The molecule has 17 heavy (non-hydrogen) atoms. The highest BCUT2D eigenvalue weighted by Gasteiger charge is 2.21. The topological polar surface area (TPSA) is 35.5 Å². The van der Waals surface area contributed by atoms with Gasteiger partial charge in [-0.05, 0) is 44.5 Å². The molecule has 0 saturated heterocycles. The molecule has 0 bridgehead atoms. The Bertz CT molecular complexity index is 364. The van der Waals surface area contributed by atoms with Crippen molar-refractivity contribution < 1.29 is 18.7 Å². The predicted molar refractivity (Wildman–Crippen MR) is 62.5 cm³/mol. The minimum absolute atomic E-state index is 0.273. The van der Waals surface area contributed by atoms with Crippen molar-refractivity contribution in [2.24, 2.45) is 0 Å². The largest absolute Gasteiger partial charge is 0.346 e. The first-order valence-corrected chi connectivity index (χ1v) is 5.63. The molecule has 0 N–H and O–H groups in total. The summed E-state index contributed by atoms with van der Waals surface area (Å²) in [6, 6.07) is 4.18. The third kappa shape index (κ3) is 3.91. The number of ether oxygens (including phenoxy) is 2. The quantitative estimate of drug-likeness (QED) is 0.566. The molecule has 3 nitrogen and oxygen atoms in total. The minimum atomic E-state index is -0.953. The number of hydrogen-bond acceptors (Lipinski definition) is 3. The van der Waals surface area contributed by atoms with E-state index in [1.54, 1.807) is 26.8 Å². The van der Waals surface area contributed by atoms with Gasteiger partial charge in [0.2, 0.25) is 12.1 Å². The average Bonchev–Trinajstić information content (AvgIpc) is 2.26. The number of hydrogen-bond donors (Lipinski definition) is 0. The van der Waals surface area contributed by atoms with Gasteiger partial charge in [-0.1, -0.05) is 0 Å². The lowest BCUT2D eigenvalue weighted by atomic mass is 10.1. The molecule has 0 aliphatic carbocycles. The molecule has 0 aliphatic rings. The molecular weight excluding hydrogens is 223 g/mol. The van der Waals surface area contributed by atoms with Crippen LogP contribution in [-0.4, -0.2) is 25.3 Å². The normalized spacial score (nSPS) is 10.9. The lowest BCUT2D eigenvalue weighted by Crippen LogP contribution is -2.28. The van der Waals surface area contributed by atoms with Crippen molar-refractivity contribution in [1.82, 2.24) is 0 Å². The van der Waals surface area contributed by atoms with Crippen molar-refractivity contribution in [3.8, 4) is 0 Å². The van der Waals surface area contributed by atoms with Crippen LogP contribution in [-0.2, 0) is 9.47 Å². The second kappa shape index (κ2) is 6.47. The van der Waals surface area contributed by atoms with Crippen molar-refractivity contribution >= 4 is 5.78 Å². The van der Waals surface area contributed by atoms with Crippen LogP contribution in [0.4, 0.5) is 4.39 Å². The zero-order chi connectivity index (χ0) is 12.8. The van der Waals surface area contributed by atoms with Gasteiger partial charge >= 0.3 is 0 Å². The van der Waals surface area contributed by atoms with Gasteiger partial charge in [-0.2, -0.15) is 0 Å². The summed E-state index contributed by atoms with van der Waals surface area (Å²) in [4.78, 5) is 12.0. The van der Waals surface area contributed by atoms with E-state index in [9.17, 15) is 9.18 Å². The Morgan fingerprint density at radius 1 is 1.24 bits per heavy atom. The molecule has 1 aromatic rings. The Labute approximate surface area is 101 Å². The van der Waals surface area contributed by atoms with E-state index in [-0.39, 0.29) is 11.3 Å². The number of Topliss-reactive ketones (excluding diaryl/α,β-unsaturated/α-hetero) is 1. The van der Waals surface area contributed by atoms with Crippen molar-refractivity contribution in [3.05, 3.63) is 35.1 Å². The fourth-order valence-corrected chi connectivity index (χ4v) is 1.52. The molecule has 0 saturated carbocycles. The smallest absolute Gasteiger partial charge is 0.222 e. The first kappa shape index (κ1) is 13.8. The van der Waals surface area contributed by atoms with Crippen LogP contribution in [0.5, 0.6) is 0 Å². The zero-order valence-electron chi connectivity index (χ0n) is 10.3. The van der Waals surface area contributed by atoms with Crippen molar-refractivity contribution in [2.45, 2.75) is 27.1 Å². The molecule has 0 unspecified atom stereocenters. The van der Waals surface area contributed by atoms with E-state index in [0.717, 1.165) is 0 Å². The Kier molecular flexibility index (Phi) is 5.25. The van der Waals surface area contributed by atoms with Crippen LogP contribution >= 0.6 is 0 Å². The molecular formula is C13H17FO3. The summed E-state index contributed by atoms with van der Waals surface area (Å²) < 4.78 is 23.6. The summed E-state index contributed by atoms with van der Waals surface area (Å²) >= 11 is 0. The first-order chi connectivity index (χ1) is 8.08. The maximum absolute atomic E-state index is 13.2. The van der Waals surface area contributed by atoms with Gasteiger partial charge in [0.1, 0.15) is 5.82 Å². The third-order valence-corrected chi connectivity index (χ3v) is 2.18. The van der Waals surface area contributed by atoms with Crippen LogP contribution in [0.15, 0.2) is 18.2 Å². The number of carbonyl (C=O) groups is 1. The van der Waals surface area contributed by atoms with Crippen LogP contribution in [0, 0.1) is 12.7 Å². The lowest BCUT2D eigenvalue weighted by Gasteiger charge is -2.15. The van der Waals surface area contributed by atoms with Gasteiger partial charge < -0.3 is 9.47 Å². The van der Waals surface area contributed by atoms with Gasteiger partial charge in [0.05, 0.1) is 0 Å². The second-order valence-corrected chi connectivity index (χ2v) is 3.62. The number of carbonyl (C=O) groups excluding carboxylic acids is 1. The average molecular weight is 240 g/mol. The Morgan fingerprint density at radius 2 is 1.82 bits per heavy atom. The summed E-state index contributed by atoms with van der Waals surface area (Å²) in [6.45, 7) is 6.01. The number of halogens is 1. The molecule has 0 atom stereocenters. The standard InChI is InChI=1S/C13H17FO3/c1-4-16-13(17-5-2)12(15)10-6-9(3)7-11(14)8-10/h6-8,13H,4-5H2,1-3H3. The molecule has 0 amide bonds. The van der Waals surface area contributed by atoms with Crippen molar-refractivity contribution in [1.29, 1.82) is 0 Å². The van der Waals surface area contributed by atoms with E-state index in [1.807, 2.05) is 0 Å². The summed E-state index contributed by atoms with van der Waals surface area (Å²) in [5.74, 6) is -0.781. The summed E-state index contributed by atoms with van der Waals surface area (Å²) in [6.07, 6.45) is -0.953. The lowest BCUT2D eigenvalue weighted by molar-refractivity contribution is -0.107. The summed E-state index contributed by atoms with van der Waals surface area (Å²) in [7, 11) is 0. The molecule has 1 aromatic carbocycles. The fourth-order valence-electron chi connectivity index (χ4n) is 1.52. The predicted octanol–water partition coefficient (Wildman–Crippen LogP) is 2.72. The van der Waals surface area contributed by atoms with Gasteiger partial charge in [0, 0.05) is 18.8 Å². The third-order valence-electron chi connectivity index (χ3n) is 2.18. The maximum atomic E-state index is 13.2. The Morgan fingerprint density at radius 3 is 2.29 bits per heavy atom. The molecule has 0 radical (unpaired) electrons. The highest BCUT2D eigenvalue weighted by Crippen LogP contribution is 2.12. The molecule has 4 heteroatoms.